The topological polar surface area (TPSA) is 40.5 Å². The minimum atomic E-state index is -0.810. The van der Waals surface area contributed by atoms with Crippen LogP contribution >= 0.6 is 0 Å². The Morgan fingerprint density at radius 2 is 1.90 bits per heavy atom. The van der Waals surface area contributed by atoms with Crippen LogP contribution in [0.4, 0.5) is 0 Å². The van der Waals surface area contributed by atoms with E-state index in [1.807, 2.05) is 6.92 Å². The lowest BCUT2D eigenvalue weighted by Crippen LogP contribution is -2.31. The molecule has 0 aliphatic carbocycles. The zero-order valence-corrected chi connectivity index (χ0v) is 6.93. The molecule has 0 aliphatic heterocycles. The molecule has 0 aliphatic rings. The third-order valence-electron chi connectivity index (χ3n) is 1.95. The van der Waals surface area contributed by atoms with Crippen molar-refractivity contribution in [2.24, 2.45) is 0 Å². The van der Waals surface area contributed by atoms with E-state index >= 15 is 0 Å². The normalized spacial score (nSPS) is 16.8. The SMILES string of the molecule is CCCCC(O)(CC)CO. The molecular formula is C8H18O2. The number of aliphatic hydroxyl groups is 2. The van der Waals surface area contributed by atoms with E-state index in [4.69, 9.17) is 5.11 Å². The quantitative estimate of drug-likeness (QED) is 0.614. The standard InChI is InChI=1S/C8H18O2/c1-3-5-6-8(10,4-2)7-9/h9-10H,3-7H2,1-2H3. The van der Waals surface area contributed by atoms with Gasteiger partial charge in [-0.05, 0) is 12.8 Å². The zero-order valence-electron chi connectivity index (χ0n) is 6.93. The lowest BCUT2D eigenvalue weighted by atomic mass is 9.95. The predicted molar refractivity (Wildman–Crippen MR) is 41.9 cm³/mol. The van der Waals surface area contributed by atoms with E-state index < -0.39 is 5.60 Å². The Morgan fingerprint density at radius 3 is 2.20 bits per heavy atom. The highest BCUT2D eigenvalue weighted by Crippen LogP contribution is 2.16. The molecule has 0 heterocycles. The molecule has 2 N–H and O–H groups in total. The average Bonchev–Trinajstić information content (AvgIpc) is 2.00. The Hall–Kier alpha value is -0.0800. The molecule has 0 fully saturated rings. The maximum Gasteiger partial charge on any atom is 0.0874 e. The fourth-order valence-corrected chi connectivity index (χ4v) is 0.873. The van der Waals surface area contributed by atoms with Crippen LogP contribution in [0.25, 0.3) is 0 Å². The van der Waals surface area contributed by atoms with E-state index in [1.54, 1.807) is 0 Å². The fraction of sp³-hybridized carbons (Fsp3) is 1.00. The highest BCUT2D eigenvalue weighted by atomic mass is 16.3. The van der Waals surface area contributed by atoms with Crippen molar-refractivity contribution in [3.8, 4) is 0 Å². The van der Waals surface area contributed by atoms with Crippen LogP contribution in [0, 0.1) is 0 Å². The van der Waals surface area contributed by atoms with Gasteiger partial charge in [-0.15, -0.1) is 0 Å². The lowest BCUT2D eigenvalue weighted by Gasteiger charge is -2.23. The van der Waals surface area contributed by atoms with Crippen LogP contribution in [-0.2, 0) is 0 Å². The van der Waals surface area contributed by atoms with Crippen molar-refractivity contribution in [2.45, 2.75) is 45.1 Å². The van der Waals surface area contributed by atoms with Gasteiger partial charge in [0.05, 0.1) is 12.2 Å². The average molecular weight is 146 g/mol. The van der Waals surface area contributed by atoms with E-state index in [-0.39, 0.29) is 6.61 Å². The summed E-state index contributed by atoms with van der Waals surface area (Å²) in [6.45, 7) is 3.86. The Labute approximate surface area is 62.9 Å². The Balaban J connectivity index is 3.58. The Bertz CT molecular complexity index is 77.3. The second-order valence-electron chi connectivity index (χ2n) is 2.84. The van der Waals surface area contributed by atoms with Gasteiger partial charge in [0.1, 0.15) is 0 Å². The third-order valence-corrected chi connectivity index (χ3v) is 1.95. The first kappa shape index (κ1) is 9.92. The summed E-state index contributed by atoms with van der Waals surface area (Å²) in [5, 5.41) is 18.3. The summed E-state index contributed by atoms with van der Waals surface area (Å²) in [5.41, 5.74) is -0.810. The smallest absolute Gasteiger partial charge is 0.0874 e. The van der Waals surface area contributed by atoms with Crippen molar-refractivity contribution >= 4 is 0 Å². The van der Waals surface area contributed by atoms with Gasteiger partial charge in [-0.25, -0.2) is 0 Å². The summed E-state index contributed by atoms with van der Waals surface area (Å²) in [4.78, 5) is 0. The van der Waals surface area contributed by atoms with Gasteiger partial charge in [0.15, 0.2) is 0 Å². The van der Waals surface area contributed by atoms with Gasteiger partial charge in [0.25, 0.3) is 0 Å². The molecule has 0 aromatic carbocycles. The molecule has 1 unspecified atom stereocenters. The molecule has 2 heteroatoms. The largest absolute Gasteiger partial charge is 0.393 e. The summed E-state index contributed by atoms with van der Waals surface area (Å²) in [6.07, 6.45) is 3.42. The highest BCUT2D eigenvalue weighted by Gasteiger charge is 2.21. The van der Waals surface area contributed by atoms with Gasteiger partial charge in [0, 0.05) is 0 Å². The molecular weight excluding hydrogens is 128 g/mol. The van der Waals surface area contributed by atoms with Crippen molar-refractivity contribution in [3.63, 3.8) is 0 Å². The molecule has 62 valence electrons. The second-order valence-corrected chi connectivity index (χ2v) is 2.84. The van der Waals surface area contributed by atoms with Crippen LogP contribution < -0.4 is 0 Å². The molecule has 0 amide bonds. The monoisotopic (exact) mass is 146 g/mol. The minimum absolute atomic E-state index is 0.108. The van der Waals surface area contributed by atoms with Crippen LogP contribution in [0.2, 0.25) is 0 Å². The molecule has 0 aromatic heterocycles. The third kappa shape index (κ3) is 3.18. The van der Waals surface area contributed by atoms with Crippen molar-refractivity contribution in [1.82, 2.24) is 0 Å². The van der Waals surface area contributed by atoms with E-state index in [0.717, 1.165) is 19.3 Å². The maximum atomic E-state index is 9.51. The van der Waals surface area contributed by atoms with Gasteiger partial charge in [-0.3, -0.25) is 0 Å². The minimum Gasteiger partial charge on any atom is -0.393 e. The molecule has 1 atom stereocenters. The fourth-order valence-electron chi connectivity index (χ4n) is 0.873. The summed E-state index contributed by atoms with van der Waals surface area (Å²) >= 11 is 0. The second kappa shape index (κ2) is 4.69. The van der Waals surface area contributed by atoms with E-state index in [2.05, 4.69) is 6.92 Å². The summed E-state index contributed by atoms with van der Waals surface area (Å²) in [7, 11) is 0. The van der Waals surface area contributed by atoms with Crippen molar-refractivity contribution in [1.29, 1.82) is 0 Å². The number of hydrogen-bond donors (Lipinski definition) is 2. The molecule has 0 saturated heterocycles. The van der Waals surface area contributed by atoms with Crippen molar-refractivity contribution < 1.29 is 10.2 Å². The summed E-state index contributed by atoms with van der Waals surface area (Å²) in [6, 6.07) is 0. The maximum absolute atomic E-state index is 9.51. The van der Waals surface area contributed by atoms with Crippen LogP contribution in [0.3, 0.4) is 0 Å². The zero-order chi connectivity index (χ0) is 8.04. The van der Waals surface area contributed by atoms with Crippen LogP contribution in [0.15, 0.2) is 0 Å². The van der Waals surface area contributed by atoms with Crippen molar-refractivity contribution in [2.75, 3.05) is 6.61 Å². The molecule has 0 saturated carbocycles. The molecule has 0 aromatic rings. The van der Waals surface area contributed by atoms with Gasteiger partial charge in [-0.1, -0.05) is 26.7 Å². The van der Waals surface area contributed by atoms with E-state index in [1.165, 1.54) is 0 Å². The van der Waals surface area contributed by atoms with Gasteiger partial charge in [0.2, 0.25) is 0 Å². The van der Waals surface area contributed by atoms with Crippen molar-refractivity contribution in [3.05, 3.63) is 0 Å². The van der Waals surface area contributed by atoms with Gasteiger partial charge in [-0.2, -0.15) is 0 Å². The number of hydrogen-bond acceptors (Lipinski definition) is 2. The first-order valence-electron chi connectivity index (χ1n) is 4.01. The first-order chi connectivity index (χ1) is 4.68. The Morgan fingerprint density at radius 1 is 1.30 bits per heavy atom. The Kier molecular flexibility index (Phi) is 4.65. The summed E-state index contributed by atoms with van der Waals surface area (Å²) < 4.78 is 0. The lowest BCUT2D eigenvalue weighted by molar-refractivity contribution is -0.0256. The van der Waals surface area contributed by atoms with Gasteiger partial charge >= 0.3 is 0 Å². The first-order valence-corrected chi connectivity index (χ1v) is 4.01. The summed E-state index contributed by atoms with van der Waals surface area (Å²) in [5.74, 6) is 0. The number of aliphatic hydroxyl groups excluding tert-OH is 1. The van der Waals surface area contributed by atoms with E-state index in [9.17, 15) is 5.11 Å². The number of unbranched alkanes of at least 4 members (excludes halogenated alkanes) is 1. The molecule has 0 rings (SSSR count). The molecule has 10 heavy (non-hydrogen) atoms. The molecule has 2 nitrogen and oxygen atoms in total. The highest BCUT2D eigenvalue weighted by molar-refractivity contribution is 4.74. The number of rotatable bonds is 5. The molecule has 0 radical (unpaired) electrons. The van der Waals surface area contributed by atoms with Crippen LogP contribution in [0.1, 0.15) is 39.5 Å². The van der Waals surface area contributed by atoms with E-state index in [0.29, 0.717) is 6.42 Å². The van der Waals surface area contributed by atoms with Gasteiger partial charge < -0.3 is 10.2 Å². The molecule has 0 spiro atoms. The molecule has 0 bridgehead atoms. The van der Waals surface area contributed by atoms with Crippen LogP contribution in [-0.4, -0.2) is 22.4 Å². The van der Waals surface area contributed by atoms with Crippen LogP contribution in [0.5, 0.6) is 0 Å². The predicted octanol–water partition coefficient (Wildman–Crippen LogP) is 1.31.